The van der Waals surface area contributed by atoms with E-state index < -0.39 is 10.0 Å². The number of aliphatic imine (C=N–C) groups is 1. The summed E-state index contributed by atoms with van der Waals surface area (Å²) in [6.07, 6.45) is 2.02. The third-order valence-corrected chi connectivity index (χ3v) is 5.63. The lowest BCUT2D eigenvalue weighted by Gasteiger charge is -2.09. The van der Waals surface area contributed by atoms with E-state index in [0.717, 1.165) is 0 Å². The minimum Gasteiger partial charge on any atom is -0.265 e. The summed E-state index contributed by atoms with van der Waals surface area (Å²) in [4.78, 5) is 8.22. The number of hydrogen-bond donors (Lipinski definition) is 1. The third-order valence-electron chi connectivity index (χ3n) is 3.48. The van der Waals surface area contributed by atoms with Crippen LogP contribution in [0, 0.1) is 0 Å². The smallest absolute Gasteiger partial charge is 0.258 e. The molecule has 0 atom stereocenters. The van der Waals surface area contributed by atoms with E-state index in [-0.39, 0.29) is 18.1 Å². The van der Waals surface area contributed by atoms with E-state index in [1.165, 1.54) is 0 Å². The summed E-state index contributed by atoms with van der Waals surface area (Å²) in [5.74, 6) is 0. The number of nitrogens with one attached hydrogen (secondary N) is 1. The zero-order valence-corrected chi connectivity index (χ0v) is 14.3. The Morgan fingerprint density at radius 2 is 1.87 bits per heavy atom. The van der Waals surface area contributed by atoms with Crippen LogP contribution in [0.2, 0.25) is 10.0 Å². The maximum atomic E-state index is 12.4. The van der Waals surface area contributed by atoms with Gasteiger partial charge in [-0.2, -0.15) is 0 Å². The normalized spacial score (nSPS) is 13.7. The van der Waals surface area contributed by atoms with E-state index in [9.17, 15) is 8.42 Å². The first-order valence-electron chi connectivity index (χ1n) is 6.90. The van der Waals surface area contributed by atoms with Crippen molar-refractivity contribution in [3.63, 3.8) is 0 Å². The molecule has 0 radical (unpaired) electrons. The van der Waals surface area contributed by atoms with Crippen molar-refractivity contribution in [2.24, 2.45) is 4.99 Å². The van der Waals surface area contributed by atoms with Crippen molar-refractivity contribution in [2.75, 3.05) is 6.54 Å². The van der Waals surface area contributed by atoms with Crippen LogP contribution in [-0.4, -0.2) is 25.0 Å². The number of sulfonamides is 1. The molecule has 0 saturated heterocycles. The van der Waals surface area contributed by atoms with Crippen molar-refractivity contribution < 1.29 is 8.42 Å². The maximum Gasteiger partial charge on any atom is 0.258 e. The second kappa shape index (κ2) is 6.57. The lowest BCUT2D eigenvalue weighted by atomic mass is 10.1. The van der Waals surface area contributed by atoms with Crippen LogP contribution in [0.4, 0.5) is 0 Å². The summed E-state index contributed by atoms with van der Waals surface area (Å²) < 4.78 is 27.4. The predicted octanol–water partition coefficient (Wildman–Crippen LogP) is 2.81. The zero-order chi connectivity index (χ0) is 16.4. The van der Waals surface area contributed by atoms with Gasteiger partial charge in [-0.25, -0.2) is 13.1 Å². The first-order chi connectivity index (χ1) is 11.0. The van der Waals surface area contributed by atoms with Gasteiger partial charge in [0, 0.05) is 28.4 Å². The Hall–Kier alpha value is -1.47. The van der Waals surface area contributed by atoms with Gasteiger partial charge in [-0.3, -0.25) is 9.98 Å². The molecule has 3 rings (SSSR count). The monoisotopic (exact) mass is 369 g/mol. The van der Waals surface area contributed by atoms with Crippen LogP contribution in [0.5, 0.6) is 0 Å². The van der Waals surface area contributed by atoms with Crippen LogP contribution >= 0.6 is 23.2 Å². The number of fused-ring (bicyclic) bond motifs is 1. The molecule has 0 amide bonds. The van der Waals surface area contributed by atoms with E-state index >= 15 is 0 Å². The molecule has 1 N–H and O–H groups in total. The molecule has 0 spiro atoms. The molecule has 2 heterocycles. The Morgan fingerprint density at radius 3 is 2.61 bits per heavy atom. The average molecular weight is 370 g/mol. The van der Waals surface area contributed by atoms with Gasteiger partial charge in [-0.1, -0.05) is 29.3 Å². The number of benzene rings is 1. The number of nitrogens with zero attached hydrogens (tertiary/aromatic N) is 2. The first kappa shape index (κ1) is 16.4. The molecule has 0 bridgehead atoms. The molecule has 2 aromatic rings. The molecule has 8 heteroatoms. The topological polar surface area (TPSA) is 71.4 Å². The molecule has 0 fully saturated rings. The Balaban J connectivity index is 1.71. The fourth-order valence-electron chi connectivity index (χ4n) is 2.37. The molecule has 0 aliphatic carbocycles. The third kappa shape index (κ3) is 3.40. The molecule has 1 aromatic carbocycles. The number of aromatic nitrogens is 1. The van der Waals surface area contributed by atoms with Crippen LogP contribution in [-0.2, 0) is 23.0 Å². The number of halogens is 2. The minimum absolute atomic E-state index is 0.0332. The van der Waals surface area contributed by atoms with Crippen LogP contribution in [0.1, 0.15) is 16.8 Å². The Labute approximate surface area is 144 Å². The minimum atomic E-state index is -3.70. The fourth-order valence-corrected chi connectivity index (χ4v) is 4.17. The molecule has 1 aliphatic heterocycles. The Kier molecular flexibility index (Phi) is 4.68. The van der Waals surface area contributed by atoms with E-state index in [4.69, 9.17) is 23.2 Å². The summed E-state index contributed by atoms with van der Waals surface area (Å²) in [6, 6.07) is 8.59. The van der Waals surface area contributed by atoms with Crippen LogP contribution in [0.3, 0.4) is 0 Å². The second-order valence-electron chi connectivity index (χ2n) is 4.97. The van der Waals surface area contributed by atoms with Gasteiger partial charge in [-0.15, -0.1) is 0 Å². The Morgan fingerprint density at radius 1 is 1.13 bits per heavy atom. The highest BCUT2D eigenvalue weighted by Gasteiger charge is 2.27. The molecular formula is C15H13Cl2N3O2S. The summed E-state index contributed by atoms with van der Waals surface area (Å²) in [6.45, 7) is 0.461. The highest BCUT2D eigenvalue weighted by Crippen LogP contribution is 2.24. The summed E-state index contributed by atoms with van der Waals surface area (Å²) in [7, 11) is -3.70. The average Bonchev–Trinajstić information content (AvgIpc) is 2.95. The summed E-state index contributed by atoms with van der Waals surface area (Å²) in [5.41, 5.74) is 1.94. The summed E-state index contributed by atoms with van der Waals surface area (Å²) in [5, 5.41) is 1.07. The van der Waals surface area contributed by atoms with E-state index in [0.29, 0.717) is 33.3 Å². The number of hydrogen-bond acceptors (Lipinski definition) is 4. The zero-order valence-electron chi connectivity index (χ0n) is 12.0. The van der Waals surface area contributed by atoms with Crippen molar-refractivity contribution in [2.45, 2.75) is 13.0 Å². The molecule has 1 aromatic heterocycles. The highest BCUT2D eigenvalue weighted by molar-refractivity contribution is 8.05. The van der Waals surface area contributed by atoms with Gasteiger partial charge in [0.2, 0.25) is 0 Å². The van der Waals surface area contributed by atoms with Gasteiger partial charge in [-0.05, 0) is 36.2 Å². The number of rotatable bonds is 4. The van der Waals surface area contributed by atoms with Gasteiger partial charge in [0.25, 0.3) is 10.0 Å². The largest absolute Gasteiger partial charge is 0.265 e. The van der Waals surface area contributed by atoms with Crippen LogP contribution < -0.4 is 4.72 Å². The van der Waals surface area contributed by atoms with Crippen molar-refractivity contribution in [3.05, 3.63) is 63.4 Å². The van der Waals surface area contributed by atoms with Gasteiger partial charge >= 0.3 is 0 Å². The molecule has 120 valence electrons. The standard InChI is InChI=1S/C15H13Cl2N3O2S/c16-12-4-1-5-13(17)10(12)6-8-20-23(21,22)15-11-3-2-7-18-14(11)9-19-15/h1-5,7,20H,6,8-9H2. The molecule has 5 nitrogen and oxygen atoms in total. The molecule has 0 unspecified atom stereocenters. The predicted molar refractivity (Wildman–Crippen MR) is 91.6 cm³/mol. The lowest BCUT2D eigenvalue weighted by Crippen LogP contribution is -2.32. The number of pyridine rings is 1. The second-order valence-corrected chi connectivity index (χ2v) is 7.46. The highest BCUT2D eigenvalue weighted by atomic mass is 35.5. The molecule has 23 heavy (non-hydrogen) atoms. The van der Waals surface area contributed by atoms with E-state index in [2.05, 4.69) is 14.7 Å². The van der Waals surface area contributed by atoms with Gasteiger partial charge in [0.05, 0.1) is 12.2 Å². The first-order valence-corrected chi connectivity index (χ1v) is 9.14. The van der Waals surface area contributed by atoms with E-state index in [1.807, 2.05) is 0 Å². The van der Waals surface area contributed by atoms with Crippen LogP contribution in [0.25, 0.3) is 0 Å². The quantitative estimate of drug-likeness (QED) is 0.900. The fraction of sp³-hybridized carbons (Fsp3) is 0.200. The van der Waals surface area contributed by atoms with Crippen molar-refractivity contribution in [1.82, 2.24) is 9.71 Å². The van der Waals surface area contributed by atoms with Crippen molar-refractivity contribution in [1.29, 1.82) is 0 Å². The Bertz CT molecular complexity index is 862. The maximum absolute atomic E-state index is 12.4. The molecule has 1 aliphatic rings. The summed E-state index contributed by atoms with van der Waals surface area (Å²) >= 11 is 12.2. The molecular weight excluding hydrogens is 357 g/mol. The van der Waals surface area contributed by atoms with Crippen molar-refractivity contribution >= 4 is 38.3 Å². The van der Waals surface area contributed by atoms with Crippen molar-refractivity contribution in [3.8, 4) is 0 Å². The van der Waals surface area contributed by atoms with Crippen LogP contribution in [0.15, 0.2) is 41.5 Å². The van der Waals surface area contributed by atoms with Gasteiger partial charge in [0.15, 0.2) is 5.04 Å². The van der Waals surface area contributed by atoms with Gasteiger partial charge < -0.3 is 0 Å². The SMILES string of the molecule is O=S(=O)(NCCc1c(Cl)cccc1Cl)C1=NCc2ncccc21. The lowest BCUT2D eigenvalue weighted by molar-refractivity contribution is 0.593. The van der Waals surface area contributed by atoms with E-state index in [1.54, 1.807) is 36.5 Å². The van der Waals surface area contributed by atoms with Gasteiger partial charge in [0.1, 0.15) is 0 Å². The molecule has 0 saturated carbocycles.